The fourth-order valence-corrected chi connectivity index (χ4v) is 6.62. The first-order valence-electron chi connectivity index (χ1n) is 15.7. The Balaban J connectivity index is 1.68. The molecule has 1 amide bonds. The minimum Gasteiger partial charge on any atom is -0.508 e. The first-order chi connectivity index (χ1) is 20.5. The molecule has 0 saturated heterocycles. The van der Waals surface area contributed by atoms with Crippen LogP contribution in [-0.4, -0.2) is 25.5 Å². The molecule has 43 heavy (non-hydrogen) atoms. The number of hydrogen-bond acceptors (Lipinski definition) is 5. The van der Waals surface area contributed by atoms with E-state index in [1.54, 1.807) is 12.1 Å². The molecule has 3 aromatic carbocycles. The van der Waals surface area contributed by atoms with E-state index in [1.807, 2.05) is 13.8 Å². The summed E-state index contributed by atoms with van der Waals surface area (Å²) in [7, 11) is -3.75. The van der Waals surface area contributed by atoms with E-state index < -0.39 is 15.9 Å². The van der Waals surface area contributed by atoms with Crippen LogP contribution in [0.3, 0.4) is 0 Å². The third-order valence-corrected chi connectivity index (χ3v) is 10.1. The van der Waals surface area contributed by atoms with Gasteiger partial charge in [-0.25, -0.2) is 8.42 Å². The summed E-state index contributed by atoms with van der Waals surface area (Å²) in [4.78, 5) is 13.8. The van der Waals surface area contributed by atoms with Crippen LogP contribution in [-0.2, 0) is 14.6 Å². The van der Waals surface area contributed by atoms with Crippen LogP contribution in [0.4, 0.5) is 5.69 Å². The first kappa shape index (κ1) is 34.2. The Bertz CT molecular complexity index is 1430. The Kier molecular flexibility index (Phi) is 13.1. The van der Waals surface area contributed by atoms with E-state index in [0.717, 1.165) is 41.6 Å². The number of hydrogen-bond donors (Lipinski definition) is 2. The number of sulfone groups is 1. The molecule has 7 heteroatoms. The van der Waals surface area contributed by atoms with Crippen molar-refractivity contribution >= 4 is 21.4 Å². The van der Waals surface area contributed by atoms with Gasteiger partial charge >= 0.3 is 0 Å². The highest BCUT2D eigenvalue weighted by Gasteiger charge is 2.23. The van der Waals surface area contributed by atoms with Crippen LogP contribution in [0, 0.1) is 27.7 Å². The highest BCUT2D eigenvalue weighted by molar-refractivity contribution is 7.91. The van der Waals surface area contributed by atoms with E-state index in [1.165, 1.54) is 86.9 Å². The molecule has 234 valence electrons. The maximum absolute atomic E-state index is 13.6. The van der Waals surface area contributed by atoms with Crippen LogP contribution in [0.5, 0.6) is 11.5 Å². The largest absolute Gasteiger partial charge is 0.508 e. The second-order valence-corrected chi connectivity index (χ2v) is 13.6. The molecule has 0 spiro atoms. The van der Waals surface area contributed by atoms with Gasteiger partial charge in [0.15, 0.2) is 6.10 Å². The average molecular weight is 608 g/mol. The summed E-state index contributed by atoms with van der Waals surface area (Å²) >= 11 is 0. The fraction of sp³-hybridized carbons (Fsp3) is 0.472. The lowest BCUT2D eigenvalue weighted by Gasteiger charge is -2.22. The molecule has 6 nitrogen and oxygen atoms in total. The van der Waals surface area contributed by atoms with Crippen LogP contribution < -0.4 is 10.1 Å². The zero-order valence-electron chi connectivity index (χ0n) is 26.5. The summed E-state index contributed by atoms with van der Waals surface area (Å²) < 4.78 is 32.3. The van der Waals surface area contributed by atoms with Gasteiger partial charge in [0, 0.05) is 5.69 Å². The average Bonchev–Trinajstić information content (AvgIpc) is 2.99. The number of anilines is 1. The number of carbonyl (C=O) groups excluding carboxylic acids is 1. The van der Waals surface area contributed by atoms with Crippen LogP contribution in [0.25, 0.3) is 0 Å². The van der Waals surface area contributed by atoms with Gasteiger partial charge in [-0.3, -0.25) is 4.79 Å². The van der Waals surface area contributed by atoms with Crippen LogP contribution >= 0.6 is 0 Å². The van der Waals surface area contributed by atoms with Crippen molar-refractivity contribution in [1.82, 2.24) is 0 Å². The molecule has 0 heterocycles. The van der Waals surface area contributed by atoms with Crippen molar-refractivity contribution in [2.24, 2.45) is 0 Å². The number of rotatable bonds is 17. The molecule has 0 bridgehead atoms. The Morgan fingerprint density at radius 1 is 0.744 bits per heavy atom. The van der Waals surface area contributed by atoms with E-state index in [9.17, 15) is 18.3 Å². The van der Waals surface area contributed by atoms with E-state index in [4.69, 9.17) is 4.74 Å². The summed E-state index contributed by atoms with van der Waals surface area (Å²) in [5.74, 6) is 0.234. The zero-order chi connectivity index (χ0) is 31.4. The monoisotopic (exact) mass is 607 g/mol. The van der Waals surface area contributed by atoms with Gasteiger partial charge in [-0.15, -0.1) is 0 Å². The summed E-state index contributed by atoms with van der Waals surface area (Å²) in [5.41, 5.74) is 5.22. The van der Waals surface area contributed by atoms with Crippen molar-refractivity contribution in [3.05, 3.63) is 76.9 Å². The predicted molar refractivity (Wildman–Crippen MR) is 175 cm³/mol. The maximum atomic E-state index is 13.6. The van der Waals surface area contributed by atoms with Gasteiger partial charge in [-0.1, -0.05) is 70.8 Å². The number of aromatic hydroxyl groups is 1. The Morgan fingerprint density at radius 3 is 1.81 bits per heavy atom. The quantitative estimate of drug-likeness (QED) is 0.149. The third kappa shape index (κ3) is 9.85. The summed E-state index contributed by atoms with van der Waals surface area (Å²) in [6, 6.07) is 13.7. The van der Waals surface area contributed by atoms with Gasteiger partial charge in [0.1, 0.15) is 11.5 Å². The van der Waals surface area contributed by atoms with Crippen molar-refractivity contribution < 1.29 is 23.1 Å². The molecule has 3 aromatic rings. The van der Waals surface area contributed by atoms with Crippen molar-refractivity contribution in [1.29, 1.82) is 0 Å². The molecular weight excluding hydrogens is 558 g/mol. The summed E-state index contributed by atoms with van der Waals surface area (Å²) in [6.45, 7) is 10.4. The van der Waals surface area contributed by atoms with E-state index in [-0.39, 0.29) is 21.4 Å². The van der Waals surface area contributed by atoms with Crippen molar-refractivity contribution in [2.45, 2.75) is 121 Å². The number of ether oxygens (including phenoxy) is 1. The molecule has 3 rings (SSSR count). The second-order valence-electron chi connectivity index (χ2n) is 11.7. The molecule has 0 aliphatic carbocycles. The van der Waals surface area contributed by atoms with Gasteiger partial charge in [0.25, 0.3) is 5.91 Å². The number of carbonyl (C=O) groups is 1. The van der Waals surface area contributed by atoms with Crippen molar-refractivity contribution in [2.75, 3.05) is 5.32 Å². The number of aryl methyl sites for hydroxylation is 2. The minimum atomic E-state index is -3.75. The summed E-state index contributed by atoms with van der Waals surface area (Å²) in [5, 5.41) is 12.6. The van der Waals surface area contributed by atoms with E-state index in [0.29, 0.717) is 12.2 Å². The van der Waals surface area contributed by atoms with E-state index in [2.05, 4.69) is 32.2 Å². The lowest BCUT2D eigenvalue weighted by atomic mass is 9.98. The maximum Gasteiger partial charge on any atom is 0.265 e. The summed E-state index contributed by atoms with van der Waals surface area (Å²) in [6.07, 6.45) is 11.9. The molecule has 2 N–H and O–H groups in total. The molecule has 0 fully saturated rings. The number of phenolic OH excluding ortho intramolecular Hbond substituents is 1. The van der Waals surface area contributed by atoms with Crippen LogP contribution in [0.2, 0.25) is 0 Å². The standard InChI is InChI=1S/C36H49NO5S/c1-6-7-8-9-10-11-12-13-14-15-16-34(36(39)37-35-27(3)25-26(2)28(4)29(35)5)42-31-19-23-33(24-20-31)43(40,41)32-21-17-30(38)18-22-32/h17-25,34,38H,6-16H2,1-5H3,(H,37,39). The Hall–Kier alpha value is -3.32. The van der Waals surface area contributed by atoms with Gasteiger partial charge in [-0.05, 0) is 111 Å². The van der Waals surface area contributed by atoms with Crippen LogP contribution in [0.1, 0.15) is 99.8 Å². The Labute approximate surface area is 258 Å². The highest BCUT2D eigenvalue weighted by Crippen LogP contribution is 2.28. The first-order valence-corrected chi connectivity index (χ1v) is 17.2. The van der Waals surface area contributed by atoms with Gasteiger partial charge in [0.2, 0.25) is 9.84 Å². The number of phenols is 1. The lowest BCUT2D eigenvalue weighted by molar-refractivity contribution is -0.123. The Morgan fingerprint density at radius 2 is 1.26 bits per heavy atom. The number of benzene rings is 3. The third-order valence-electron chi connectivity index (χ3n) is 8.28. The lowest BCUT2D eigenvalue weighted by Crippen LogP contribution is -2.33. The number of unbranched alkanes of at least 4 members (excludes halogenated alkanes) is 9. The molecule has 0 aliphatic heterocycles. The number of amides is 1. The molecule has 0 aliphatic rings. The van der Waals surface area contributed by atoms with E-state index >= 15 is 0 Å². The minimum absolute atomic E-state index is 0.000565. The fourth-order valence-electron chi connectivity index (χ4n) is 5.36. The molecule has 0 aromatic heterocycles. The molecule has 0 saturated carbocycles. The van der Waals surface area contributed by atoms with Crippen molar-refractivity contribution in [3.8, 4) is 11.5 Å². The highest BCUT2D eigenvalue weighted by atomic mass is 32.2. The molecular formula is C36H49NO5S. The predicted octanol–water partition coefficient (Wildman–Crippen LogP) is 9.16. The molecule has 1 atom stereocenters. The topological polar surface area (TPSA) is 92.7 Å². The van der Waals surface area contributed by atoms with Gasteiger partial charge in [0.05, 0.1) is 9.79 Å². The van der Waals surface area contributed by atoms with Gasteiger partial charge in [-0.2, -0.15) is 0 Å². The van der Waals surface area contributed by atoms with Gasteiger partial charge < -0.3 is 15.2 Å². The second kappa shape index (κ2) is 16.5. The van der Waals surface area contributed by atoms with Crippen LogP contribution in [0.15, 0.2) is 64.4 Å². The molecule has 1 unspecified atom stereocenters. The smallest absolute Gasteiger partial charge is 0.265 e. The normalized spacial score (nSPS) is 12.2. The van der Waals surface area contributed by atoms with Crippen molar-refractivity contribution in [3.63, 3.8) is 0 Å². The molecule has 0 radical (unpaired) electrons. The SMILES string of the molecule is CCCCCCCCCCCCC(Oc1ccc(S(=O)(=O)c2ccc(O)cc2)cc1)C(=O)Nc1c(C)cc(C)c(C)c1C. The zero-order valence-corrected chi connectivity index (χ0v) is 27.4. The number of nitrogens with one attached hydrogen (secondary N) is 1.